The molecule has 0 spiro atoms. The summed E-state index contributed by atoms with van der Waals surface area (Å²) in [6.07, 6.45) is -2.77. The van der Waals surface area contributed by atoms with E-state index in [0.29, 0.717) is 0 Å². The zero-order chi connectivity index (χ0) is 22.4. The van der Waals surface area contributed by atoms with Gasteiger partial charge >= 0.3 is 17.9 Å². The smallest absolute Gasteiger partial charge is 0.330 e. The number of hydrogen-bond donors (Lipinski definition) is 4. The van der Waals surface area contributed by atoms with E-state index in [1.165, 1.54) is 13.8 Å². The molecule has 11 nitrogen and oxygen atoms in total. The van der Waals surface area contributed by atoms with Crippen molar-refractivity contribution in [2.24, 2.45) is 0 Å². The molecule has 0 aliphatic rings. The molecular weight excluding hydrogens is 392 g/mol. The molecule has 0 bridgehead atoms. The SMILES string of the molecule is C=CC(=O)OC(C)C(O)COC(O)(COCCO)OCC(O)C(C)OC(=O)C=C. The first-order chi connectivity index (χ1) is 13.6. The average Bonchev–Trinajstić information content (AvgIpc) is 2.70. The van der Waals surface area contributed by atoms with Gasteiger partial charge in [-0.05, 0) is 13.8 Å². The molecule has 0 heterocycles. The Morgan fingerprint density at radius 1 is 0.966 bits per heavy atom. The monoisotopic (exact) mass is 422 g/mol. The molecule has 0 aromatic carbocycles. The molecule has 0 saturated heterocycles. The second-order valence-electron chi connectivity index (χ2n) is 5.94. The fraction of sp³-hybridized carbons (Fsp3) is 0.667. The van der Waals surface area contributed by atoms with Crippen molar-refractivity contribution in [2.45, 2.75) is 44.2 Å². The van der Waals surface area contributed by atoms with Gasteiger partial charge in [0, 0.05) is 12.2 Å². The first-order valence-electron chi connectivity index (χ1n) is 8.79. The molecule has 29 heavy (non-hydrogen) atoms. The molecule has 0 aliphatic heterocycles. The normalized spacial score (nSPS) is 17.3. The fourth-order valence-corrected chi connectivity index (χ4v) is 1.71. The summed E-state index contributed by atoms with van der Waals surface area (Å²) in [5.74, 6) is -3.91. The van der Waals surface area contributed by atoms with E-state index >= 15 is 0 Å². The lowest BCUT2D eigenvalue weighted by Gasteiger charge is -2.31. The summed E-state index contributed by atoms with van der Waals surface area (Å²) >= 11 is 0. The Bertz CT molecular complexity index is 484. The molecule has 0 radical (unpaired) electrons. The molecular formula is C18H30O11. The Balaban J connectivity index is 4.81. The number of aliphatic hydroxyl groups is 4. The summed E-state index contributed by atoms with van der Waals surface area (Å²) in [4.78, 5) is 22.3. The lowest BCUT2D eigenvalue weighted by molar-refractivity contribution is -0.386. The minimum Gasteiger partial charge on any atom is -0.457 e. The predicted octanol–water partition coefficient (Wildman–Crippen LogP) is -1.37. The fourth-order valence-electron chi connectivity index (χ4n) is 1.71. The van der Waals surface area contributed by atoms with Crippen LogP contribution < -0.4 is 0 Å². The van der Waals surface area contributed by atoms with E-state index in [0.717, 1.165) is 12.2 Å². The second-order valence-corrected chi connectivity index (χ2v) is 5.94. The van der Waals surface area contributed by atoms with Crippen molar-refractivity contribution < 1.29 is 53.7 Å². The number of ether oxygens (including phenoxy) is 5. The predicted molar refractivity (Wildman–Crippen MR) is 98.3 cm³/mol. The topological polar surface area (TPSA) is 161 Å². The van der Waals surface area contributed by atoms with Gasteiger partial charge in [-0.25, -0.2) is 9.59 Å². The maximum absolute atomic E-state index is 11.2. The highest BCUT2D eigenvalue weighted by atomic mass is 16.8. The second kappa shape index (κ2) is 14.2. The number of aliphatic hydroxyl groups excluding tert-OH is 3. The average molecular weight is 422 g/mol. The van der Waals surface area contributed by atoms with Gasteiger partial charge in [0.25, 0.3) is 0 Å². The molecule has 0 rings (SSSR count). The Morgan fingerprint density at radius 2 is 1.38 bits per heavy atom. The van der Waals surface area contributed by atoms with Crippen molar-refractivity contribution in [1.29, 1.82) is 0 Å². The standard InChI is InChI=1S/C18H30O11/c1-5-16(22)28-12(3)14(20)9-26-18(24,11-25-8-7-19)27-10-15(21)13(4)29-17(23)6-2/h5-6,12-15,19-21,24H,1-2,7-11H2,3-4H3. The maximum Gasteiger partial charge on any atom is 0.330 e. The van der Waals surface area contributed by atoms with Gasteiger partial charge in [0.15, 0.2) is 0 Å². The molecule has 4 unspecified atom stereocenters. The van der Waals surface area contributed by atoms with E-state index < -0.39 is 62.1 Å². The van der Waals surface area contributed by atoms with Gasteiger partial charge in [0.1, 0.15) is 31.0 Å². The zero-order valence-electron chi connectivity index (χ0n) is 16.6. The first kappa shape index (κ1) is 27.1. The lowest BCUT2D eigenvalue weighted by atomic mass is 10.2. The van der Waals surface area contributed by atoms with Gasteiger partial charge < -0.3 is 44.1 Å². The van der Waals surface area contributed by atoms with Crippen LogP contribution in [0.25, 0.3) is 0 Å². The van der Waals surface area contributed by atoms with Crippen LogP contribution in [0.5, 0.6) is 0 Å². The van der Waals surface area contributed by atoms with Gasteiger partial charge in [0.2, 0.25) is 0 Å². The number of hydrogen-bond acceptors (Lipinski definition) is 11. The summed E-state index contributed by atoms with van der Waals surface area (Å²) in [5, 5.41) is 39.2. The molecule has 0 amide bonds. The Morgan fingerprint density at radius 3 is 1.72 bits per heavy atom. The van der Waals surface area contributed by atoms with Crippen LogP contribution in [0.3, 0.4) is 0 Å². The molecule has 0 aromatic rings. The van der Waals surface area contributed by atoms with E-state index in [1.807, 2.05) is 0 Å². The summed E-state index contributed by atoms with van der Waals surface area (Å²) in [6, 6.07) is 0. The third-order valence-corrected chi connectivity index (χ3v) is 3.50. The number of carbonyl (C=O) groups excluding carboxylic acids is 2. The van der Waals surface area contributed by atoms with E-state index in [1.54, 1.807) is 0 Å². The minimum absolute atomic E-state index is 0.138. The molecule has 11 heteroatoms. The number of esters is 2. The molecule has 0 aliphatic carbocycles. The molecule has 4 atom stereocenters. The van der Waals surface area contributed by atoms with Crippen LogP contribution in [0.4, 0.5) is 0 Å². The third kappa shape index (κ3) is 11.7. The van der Waals surface area contributed by atoms with E-state index in [9.17, 15) is 24.9 Å². The van der Waals surface area contributed by atoms with Gasteiger partial charge in [0.05, 0.1) is 26.4 Å². The molecule has 0 aromatic heterocycles. The summed E-state index contributed by atoms with van der Waals surface area (Å²) in [5.41, 5.74) is 0. The third-order valence-electron chi connectivity index (χ3n) is 3.50. The zero-order valence-corrected chi connectivity index (χ0v) is 16.6. The van der Waals surface area contributed by atoms with Gasteiger partial charge in [-0.15, -0.1) is 0 Å². The summed E-state index contributed by atoms with van der Waals surface area (Å²) in [6.45, 7) is 7.17. The quantitative estimate of drug-likeness (QED) is 0.100. The van der Waals surface area contributed by atoms with Crippen LogP contribution in [0.1, 0.15) is 13.8 Å². The van der Waals surface area contributed by atoms with E-state index in [-0.39, 0.29) is 13.2 Å². The van der Waals surface area contributed by atoms with Crippen LogP contribution in [0, 0.1) is 0 Å². The Kier molecular flexibility index (Phi) is 13.3. The maximum atomic E-state index is 11.2. The summed E-state index contributed by atoms with van der Waals surface area (Å²) in [7, 11) is 0. The first-order valence-corrected chi connectivity index (χ1v) is 8.79. The van der Waals surface area contributed by atoms with Crippen LogP contribution in [0.15, 0.2) is 25.3 Å². The molecule has 0 saturated carbocycles. The van der Waals surface area contributed by atoms with Crippen molar-refractivity contribution >= 4 is 11.9 Å². The van der Waals surface area contributed by atoms with Crippen molar-refractivity contribution in [3.05, 3.63) is 25.3 Å². The Hall–Kier alpha value is -1.86. The van der Waals surface area contributed by atoms with Crippen LogP contribution >= 0.6 is 0 Å². The highest BCUT2D eigenvalue weighted by molar-refractivity contribution is 5.81. The van der Waals surface area contributed by atoms with Crippen LogP contribution in [0.2, 0.25) is 0 Å². The number of carbonyl (C=O) groups is 2. The van der Waals surface area contributed by atoms with Crippen molar-refractivity contribution in [3.8, 4) is 0 Å². The van der Waals surface area contributed by atoms with Gasteiger partial charge in [-0.3, -0.25) is 0 Å². The highest BCUT2D eigenvalue weighted by Gasteiger charge is 2.34. The van der Waals surface area contributed by atoms with Crippen molar-refractivity contribution in [2.75, 3.05) is 33.0 Å². The minimum atomic E-state index is -2.42. The molecule has 168 valence electrons. The van der Waals surface area contributed by atoms with Crippen molar-refractivity contribution in [1.82, 2.24) is 0 Å². The van der Waals surface area contributed by atoms with Crippen LogP contribution in [-0.4, -0.2) is 95.8 Å². The van der Waals surface area contributed by atoms with E-state index in [4.69, 9.17) is 28.8 Å². The number of rotatable bonds is 16. The van der Waals surface area contributed by atoms with E-state index in [2.05, 4.69) is 13.2 Å². The van der Waals surface area contributed by atoms with Crippen molar-refractivity contribution in [3.63, 3.8) is 0 Å². The van der Waals surface area contributed by atoms with Gasteiger partial charge in [-0.2, -0.15) is 0 Å². The highest BCUT2D eigenvalue weighted by Crippen LogP contribution is 2.14. The molecule has 4 N–H and O–H groups in total. The molecule has 0 fully saturated rings. The van der Waals surface area contributed by atoms with Crippen LogP contribution in [-0.2, 0) is 33.3 Å². The Labute approximate surface area is 169 Å². The largest absolute Gasteiger partial charge is 0.457 e. The summed E-state index contributed by atoms with van der Waals surface area (Å²) < 4.78 is 24.9. The van der Waals surface area contributed by atoms with Gasteiger partial charge in [-0.1, -0.05) is 13.2 Å². The lowest BCUT2D eigenvalue weighted by Crippen LogP contribution is -2.47.